The minimum absolute atomic E-state index is 0.275. The summed E-state index contributed by atoms with van der Waals surface area (Å²) in [4.78, 5) is 17.0. The Morgan fingerprint density at radius 2 is 2.33 bits per heavy atom. The van der Waals surface area contributed by atoms with Gasteiger partial charge in [-0.1, -0.05) is 0 Å². The van der Waals surface area contributed by atoms with Crippen LogP contribution in [-0.2, 0) is 24.3 Å². The number of aromatic nitrogens is 2. The molecule has 24 heavy (non-hydrogen) atoms. The van der Waals surface area contributed by atoms with E-state index >= 15 is 0 Å². The Hall–Kier alpha value is -2.13. The zero-order chi connectivity index (χ0) is 17.3. The van der Waals surface area contributed by atoms with E-state index in [1.807, 2.05) is 0 Å². The maximum atomic E-state index is 12.7. The lowest BCUT2D eigenvalue weighted by Gasteiger charge is -2.09. The molecule has 0 radical (unpaired) electrons. The van der Waals surface area contributed by atoms with Gasteiger partial charge in [-0.15, -0.1) is 0 Å². The Labute approximate surface area is 140 Å². The predicted molar refractivity (Wildman–Crippen MR) is 87.2 cm³/mol. The summed E-state index contributed by atoms with van der Waals surface area (Å²) in [5, 5.41) is 2.65. The first-order chi connectivity index (χ1) is 11.5. The fourth-order valence-electron chi connectivity index (χ4n) is 2.72. The lowest BCUT2D eigenvalue weighted by atomic mass is 10.1. The average Bonchev–Trinajstić information content (AvgIpc) is 2.78. The molecule has 3 rings (SSSR count). The van der Waals surface area contributed by atoms with Gasteiger partial charge >= 0.3 is 0 Å². The van der Waals surface area contributed by atoms with Gasteiger partial charge in [0.1, 0.15) is 11.4 Å². The number of carbonyl (C=O) groups is 1. The Morgan fingerprint density at radius 1 is 1.54 bits per heavy atom. The van der Waals surface area contributed by atoms with Gasteiger partial charge in [0.25, 0.3) is 12.3 Å². The van der Waals surface area contributed by atoms with E-state index in [2.05, 4.69) is 15.0 Å². The number of anilines is 1. The van der Waals surface area contributed by atoms with E-state index in [0.717, 1.165) is 23.4 Å². The number of fused-ring (bicyclic) bond motifs is 1. The summed E-state index contributed by atoms with van der Waals surface area (Å²) in [5.41, 5.74) is 1.21. The van der Waals surface area contributed by atoms with Gasteiger partial charge in [0.2, 0.25) is 0 Å². The molecule has 1 aliphatic heterocycles. The van der Waals surface area contributed by atoms with Crippen LogP contribution in [0.25, 0.3) is 0 Å². The molecule has 1 unspecified atom stereocenters. The summed E-state index contributed by atoms with van der Waals surface area (Å²) < 4.78 is 38.4. The first kappa shape index (κ1) is 16.7. The Balaban J connectivity index is 1.91. The fraction of sp³-hybridized carbons (Fsp3) is 0.333. The first-order valence-corrected chi connectivity index (χ1v) is 8.62. The molecule has 0 aromatic carbocycles. The number of hydrogen-bond acceptors (Lipinski definition) is 3. The smallest absolute Gasteiger partial charge is 0.280 e. The Kier molecular flexibility index (Phi) is 4.72. The molecule has 0 bridgehead atoms. The number of aryl methyl sites for hydroxylation is 1. The number of nitrogens with one attached hydrogen (secondary N) is 3. The van der Waals surface area contributed by atoms with Gasteiger partial charge in [-0.05, 0) is 41.4 Å². The quantitative estimate of drug-likeness (QED) is 0.793. The maximum absolute atomic E-state index is 12.7. The zero-order valence-corrected chi connectivity index (χ0v) is 13.8. The second-order valence-electron chi connectivity index (χ2n) is 5.46. The summed E-state index contributed by atoms with van der Waals surface area (Å²) >= 11 is 0. The number of alkyl halides is 2. The monoisotopic (exact) mass is 353 g/mol. The van der Waals surface area contributed by atoms with Crippen LogP contribution in [-0.4, -0.2) is 22.0 Å². The third kappa shape index (κ3) is 3.22. The second kappa shape index (κ2) is 6.78. The maximum Gasteiger partial charge on any atom is 0.280 e. The number of carbonyl (C=O) groups excluding carboxylic acids is 1. The van der Waals surface area contributed by atoms with Gasteiger partial charge in [-0.2, -0.15) is 0 Å². The summed E-state index contributed by atoms with van der Waals surface area (Å²) in [6.07, 6.45) is 1.88. The van der Waals surface area contributed by atoms with Crippen LogP contribution < -0.4 is 10.0 Å². The van der Waals surface area contributed by atoms with Crippen LogP contribution in [0.2, 0.25) is 0 Å². The summed E-state index contributed by atoms with van der Waals surface area (Å²) in [6, 6.07) is 2.64. The molecule has 3 heterocycles. The standard InChI is InChI=1S/C15H17F2N5OS/c1-22-8-12-10(3-2-5-20-24(12)18)13(22)15(23)21-9-4-6-19-11(7-9)14(16)17/h4,6-8,14H,2-3,5H2,1H3,(H2,18,20)(H,19,21,23). The molecule has 128 valence electrons. The van der Waals surface area contributed by atoms with E-state index in [-0.39, 0.29) is 17.3 Å². The first-order valence-electron chi connectivity index (χ1n) is 7.40. The minimum Gasteiger partial charge on any atom is -0.345 e. The van der Waals surface area contributed by atoms with Crippen molar-refractivity contribution >= 4 is 22.5 Å². The molecular weight excluding hydrogens is 336 g/mol. The molecule has 1 atom stereocenters. The lowest BCUT2D eigenvalue weighted by molar-refractivity contribution is 0.101. The van der Waals surface area contributed by atoms with Gasteiger partial charge in [0.15, 0.2) is 0 Å². The van der Waals surface area contributed by atoms with Gasteiger partial charge in [-0.25, -0.2) is 8.78 Å². The van der Waals surface area contributed by atoms with Crippen molar-refractivity contribution < 1.29 is 13.6 Å². The number of pyridine rings is 1. The topological polar surface area (TPSA) is 82.8 Å². The van der Waals surface area contributed by atoms with Gasteiger partial charge in [0.05, 0.1) is 4.90 Å². The SMILES string of the molecule is Cn1cc2c(c1C(=O)Nc1ccnc(C(F)F)c1)CCCNS2=N. The number of nitrogens with zero attached hydrogens (tertiary/aromatic N) is 2. The molecule has 0 saturated carbocycles. The van der Waals surface area contributed by atoms with Gasteiger partial charge in [0, 0.05) is 31.7 Å². The molecule has 0 saturated heterocycles. The van der Waals surface area contributed by atoms with E-state index in [4.69, 9.17) is 4.78 Å². The van der Waals surface area contributed by atoms with Crippen molar-refractivity contribution in [1.29, 1.82) is 4.78 Å². The van der Waals surface area contributed by atoms with E-state index in [9.17, 15) is 13.6 Å². The van der Waals surface area contributed by atoms with Crippen LogP contribution >= 0.6 is 0 Å². The summed E-state index contributed by atoms with van der Waals surface area (Å²) in [5.74, 6) is -0.371. The fourth-order valence-corrected chi connectivity index (χ4v) is 3.93. The molecule has 3 N–H and O–H groups in total. The lowest BCUT2D eigenvalue weighted by Crippen LogP contribution is -2.17. The molecule has 1 aliphatic rings. The van der Waals surface area contributed by atoms with Crippen LogP contribution in [0.4, 0.5) is 14.5 Å². The summed E-state index contributed by atoms with van der Waals surface area (Å²) in [7, 11) is 0.893. The molecule has 0 aliphatic carbocycles. The molecule has 2 aromatic rings. The highest BCUT2D eigenvalue weighted by Crippen LogP contribution is 2.25. The molecule has 0 spiro atoms. The summed E-state index contributed by atoms with van der Waals surface area (Å²) in [6.45, 7) is 0.730. The highest BCUT2D eigenvalue weighted by Gasteiger charge is 2.24. The molecule has 2 aromatic heterocycles. The predicted octanol–water partition coefficient (Wildman–Crippen LogP) is 2.80. The molecule has 9 heteroatoms. The number of amides is 1. The van der Waals surface area contributed by atoms with Crippen molar-refractivity contribution in [1.82, 2.24) is 14.3 Å². The highest BCUT2D eigenvalue weighted by molar-refractivity contribution is 7.84. The van der Waals surface area contributed by atoms with Crippen molar-refractivity contribution in [2.75, 3.05) is 11.9 Å². The van der Waals surface area contributed by atoms with Crippen LogP contribution in [0.3, 0.4) is 0 Å². The highest BCUT2D eigenvalue weighted by atomic mass is 32.2. The second-order valence-corrected chi connectivity index (χ2v) is 6.80. The minimum atomic E-state index is -2.69. The number of rotatable bonds is 3. The van der Waals surface area contributed by atoms with E-state index in [0.29, 0.717) is 12.1 Å². The molecule has 0 fully saturated rings. The van der Waals surface area contributed by atoms with E-state index < -0.39 is 17.3 Å². The van der Waals surface area contributed by atoms with Crippen LogP contribution in [0, 0.1) is 4.78 Å². The van der Waals surface area contributed by atoms with Crippen LogP contribution in [0.5, 0.6) is 0 Å². The van der Waals surface area contributed by atoms with Crippen molar-refractivity contribution in [2.24, 2.45) is 7.05 Å². The number of halogens is 2. The van der Waals surface area contributed by atoms with Gasteiger partial charge < -0.3 is 9.88 Å². The molecular formula is C15H17F2N5OS. The Morgan fingerprint density at radius 3 is 3.08 bits per heavy atom. The van der Waals surface area contributed by atoms with Crippen LogP contribution in [0.1, 0.15) is 34.6 Å². The van der Waals surface area contributed by atoms with E-state index in [1.165, 1.54) is 18.3 Å². The molecule has 6 nitrogen and oxygen atoms in total. The van der Waals surface area contributed by atoms with Gasteiger partial charge in [-0.3, -0.25) is 19.3 Å². The molecule has 1 amide bonds. The normalized spacial score (nSPS) is 17.4. The average molecular weight is 353 g/mol. The largest absolute Gasteiger partial charge is 0.345 e. The van der Waals surface area contributed by atoms with E-state index in [1.54, 1.807) is 17.8 Å². The van der Waals surface area contributed by atoms with Crippen LogP contribution in [0.15, 0.2) is 29.4 Å². The van der Waals surface area contributed by atoms with Crippen molar-refractivity contribution in [3.63, 3.8) is 0 Å². The Bertz CT molecular complexity index is 805. The zero-order valence-electron chi connectivity index (χ0n) is 13.0. The van der Waals surface area contributed by atoms with Crippen molar-refractivity contribution in [3.05, 3.63) is 41.5 Å². The van der Waals surface area contributed by atoms with Crippen molar-refractivity contribution in [3.8, 4) is 0 Å². The third-order valence-corrected chi connectivity index (χ3v) is 5.08. The number of hydrogen-bond donors (Lipinski definition) is 3. The van der Waals surface area contributed by atoms with Crippen molar-refractivity contribution in [2.45, 2.75) is 24.2 Å². The third-order valence-electron chi connectivity index (χ3n) is 3.79.